The molecular weight excluding hydrogens is 338 g/mol. The van der Waals surface area contributed by atoms with Crippen LogP contribution in [0.25, 0.3) is 0 Å². The molecule has 2 amide bonds. The first-order valence-electron chi connectivity index (χ1n) is 7.36. The molecule has 1 N–H and O–H groups in total. The normalized spacial score (nSPS) is 17.4. The van der Waals surface area contributed by atoms with Crippen LogP contribution in [0.4, 0.5) is 0 Å². The third-order valence-electron chi connectivity index (χ3n) is 3.57. The van der Waals surface area contributed by atoms with Gasteiger partial charge in [-0.15, -0.1) is 0 Å². The van der Waals surface area contributed by atoms with E-state index in [0.29, 0.717) is 18.2 Å². The Morgan fingerprint density at radius 3 is 2.79 bits per heavy atom. The monoisotopic (exact) mass is 355 g/mol. The first kappa shape index (κ1) is 18.2. The maximum atomic E-state index is 12.4. The Labute approximate surface area is 144 Å². The summed E-state index contributed by atoms with van der Waals surface area (Å²) in [6, 6.07) is 3.13. The average molecular weight is 356 g/mol. The number of morpholine rings is 1. The van der Waals surface area contributed by atoms with Gasteiger partial charge in [0.15, 0.2) is 0 Å². The molecule has 2 heterocycles. The number of amides is 2. The lowest BCUT2D eigenvalue weighted by Gasteiger charge is -2.35. The van der Waals surface area contributed by atoms with Crippen molar-refractivity contribution in [3.8, 4) is 0 Å². The number of ether oxygens (including phenoxy) is 1. The molecule has 0 aliphatic carbocycles. The van der Waals surface area contributed by atoms with Crippen molar-refractivity contribution >= 4 is 29.4 Å². The van der Waals surface area contributed by atoms with Gasteiger partial charge in [-0.25, -0.2) is 4.98 Å². The summed E-state index contributed by atoms with van der Waals surface area (Å²) >= 11 is 5.76. The van der Waals surface area contributed by atoms with E-state index in [2.05, 4.69) is 4.98 Å². The molecule has 1 aromatic rings. The highest BCUT2D eigenvalue weighted by Gasteiger charge is 2.28. The van der Waals surface area contributed by atoms with E-state index in [4.69, 9.17) is 21.4 Å². The number of carboxylic acid groups (broad SMARTS) is 1. The van der Waals surface area contributed by atoms with Crippen LogP contribution in [0.1, 0.15) is 17.4 Å². The zero-order valence-electron chi connectivity index (χ0n) is 13.1. The Kier molecular flexibility index (Phi) is 6.10. The van der Waals surface area contributed by atoms with Crippen LogP contribution in [0.15, 0.2) is 18.3 Å². The number of hydrogen-bond acceptors (Lipinski definition) is 5. The smallest absolute Gasteiger partial charge is 0.323 e. The molecule has 8 nitrogen and oxygen atoms in total. The first-order valence-corrected chi connectivity index (χ1v) is 7.74. The number of aromatic nitrogens is 1. The molecule has 1 aromatic heterocycles. The van der Waals surface area contributed by atoms with E-state index < -0.39 is 18.6 Å². The maximum absolute atomic E-state index is 12.4. The molecule has 0 bridgehead atoms. The fourth-order valence-corrected chi connectivity index (χ4v) is 2.50. The van der Waals surface area contributed by atoms with Gasteiger partial charge in [0.1, 0.15) is 12.2 Å². The lowest BCUT2D eigenvalue weighted by atomic mass is 10.2. The van der Waals surface area contributed by atoms with E-state index in [1.165, 1.54) is 18.0 Å². The predicted octanol–water partition coefficient (Wildman–Crippen LogP) is 0.509. The molecule has 0 radical (unpaired) electrons. The van der Waals surface area contributed by atoms with Gasteiger partial charge in [-0.3, -0.25) is 14.4 Å². The Morgan fingerprint density at radius 1 is 1.46 bits per heavy atom. The van der Waals surface area contributed by atoms with Crippen molar-refractivity contribution in [2.45, 2.75) is 13.0 Å². The summed E-state index contributed by atoms with van der Waals surface area (Å²) in [6.07, 6.45) is 0.954. The molecule has 1 saturated heterocycles. The Hall–Kier alpha value is -2.19. The third kappa shape index (κ3) is 4.90. The minimum absolute atomic E-state index is 0.111. The molecule has 1 aliphatic rings. The number of nitrogens with zero attached hydrogens (tertiary/aromatic N) is 3. The summed E-state index contributed by atoms with van der Waals surface area (Å²) < 4.78 is 5.55. The van der Waals surface area contributed by atoms with Crippen LogP contribution >= 0.6 is 11.6 Å². The van der Waals surface area contributed by atoms with Crippen molar-refractivity contribution in [2.24, 2.45) is 0 Å². The molecule has 130 valence electrons. The molecule has 0 aromatic carbocycles. The minimum atomic E-state index is -1.10. The molecule has 0 saturated carbocycles. The summed E-state index contributed by atoms with van der Waals surface area (Å²) in [7, 11) is 0. The average Bonchev–Trinajstić information content (AvgIpc) is 2.54. The highest BCUT2D eigenvalue weighted by atomic mass is 35.5. The van der Waals surface area contributed by atoms with Gasteiger partial charge >= 0.3 is 5.97 Å². The van der Waals surface area contributed by atoms with Gasteiger partial charge in [0.05, 0.1) is 17.7 Å². The molecule has 1 aliphatic heterocycles. The van der Waals surface area contributed by atoms with Crippen molar-refractivity contribution in [3.63, 3.8) is 0 Å². The zero-order chi connectivity index (χ0) is 17.7. The molecular formula is C15H18ClN3O5. The van der Waals surface area contributed by atoms with E-state index >= 15 is 0 Å². The van der Waals surface area contributed by atoms with E-state index in [9.17, 15) is 14.4 Å². The lowest BCUT2D eigenvalue weighted by Crippen LogP contribution is -2.51. The van der Waals surface area contributed by atoms with Crippen LogP contribution in [0.2, 0.25) is 5.02 Å². The van der Waals surface area contributed by atoms with Crippen molar-refractivity contribution in [3.05, 3.63) is 29.0 Å². The van der Waals surface area contributed by atoms with Crippen molar-refractivity contribution in [2.75, 3.05) is 32.8 Å². The van der Waals surface area contributed by atoms with Crippen LogP contribution < -0.4 is 0 Å². The highest BCUT2D eigenvalue weighted by molar-refractivity contribution is 6.30. The fourth-order valence-electron chi connectivity index (χ4n) is 2.39. The molecule has 1 atom stereocenters. The van der Waals surface area contributed by atoms with Crippen LogP contribution in [0.5, 0.6) is 0 Å². The fraction of sp³-hybridized carbons (Fsp3) is 0.467. The number of hydrogen-bond donors (Lipinski definition) is 1. The lowest BCUT2D eigenvalue weighted by molar-refractivity contribution is -0.145. The summed E-state index contributed by atoms with van der Waals surface area (Å²) in [5.41, 5.74) is 0.272. The van der Waals surface area contributed by atoms with Gasteiger partial charge < -0.3 is 19.6 Å². The van der Waals surface area contributed by atoms with Crippen LogP contribution in [-0.4, -0.2) is 76.6 Å². The standard InChI is InChI=1S/C15H18ClN3O5/c1-10(20)19(9-14(21)22)8-12-7-18(4-5-24-12)15(23)13-3-2-11(16)6-17-13/h2-3,6,12H,4-5,7-9H2,1H3,(H,21,22). The van der Waals surface area contributed by atoms with E-state index in [1.54, 1.807) is 17.0 Å². The topological polar surface area (TPSA) is 100 Å². The molecule has 9 heteroatoms. The SMILES string of the molecule is CC(=O)N(CC(=O)O)CC1CN(C(=O)c2ccc(Cl)cn2)CCO1. The molecule has 1 unspecified atom stereocenters. The van der Waals surface area contributed by atoms with Gasteiger partial charge in [-0.2, -0.15) is 0 Å². The Morgan fingerprint density at radius 2 is 2.21 bits per heavy atom. The Balaban J connectivity index is 2.00. The summed E-state index contributed by atoms with van der Waals surface area (Å²) in [4.78, 5) is 41.5. The van der Waals surface area contributed by atoms with Gasteiger partial charge in [-0.1, -0.05) is 11.6 Å². The van der Waals surface area contributed by atoms with E-state index in [0.717, 1.165) is 0 Å². The number of carbonyl (C=O) groups is 3. The van der Waals surface area contributed by atoms with Gasteiger partial charge in [0.2, 0.25) is 5.91 Å². The third-order valence-corrected chi connectivity index (χ3v) is 3.79. The van der Waals surface area contributed by atoms with Crippen molar-refractivity contribution in [1.82, 2.24) is 14.8 Å². The van der Waals surface area contributed by atoms with E-state index in [1.807, 2.05) is 0 Å². The summed E-state index contributed by atoms with van der Waals surface area (Å²) in [5.74, 6) is -1.71. The zero-order valence-corrected chi connectivity index (χ0v) is 13.9. The minimum Gasteiger partial charge on any atom is -0.480 e. The number of rotatable bonds is 5. The number of halogens is 1. The number of pyridine rings is 1. The molecule has 24 heavy (non-hydrogen) atoms. The molecule has 0 spiro atoms. The number of carbonyl (C=O) groups excluding carboxylic acids is 2. The van der Waals surface area contributed by atoms with E-state index in [-0.39, 0.29) is 30.6 Å². The molecule has 1 fully saturated rings. The summed E-state index contributed by atoms with van der Waals surface area (Å²) in [6.45, 7) is 1.97. The van der Waals surface area contributed by atoms with Crippen molar-refractivity contribution < 1.29 is 24.2 Å². The number of carboxylic acids is 1. The second-order valence-corrected chi connectivity index (χ2v) is 5.84. The number of aliphatic carboxylic acids is 1. The van der Waals surface area contributed by atoms with Crippen LogP contribution in [-0.2, 0) is 14.3 Å². The second-order valence-electron chi connectivity index (χ2n) is 5.40. The van der Waals surface area contributed by atoms with Gasteiger partial charge in [0.25, 0.3) is 5.91 Å². The summed E-state index contributed by atoms with van der Waals surface area (Å²) in [5, 5.41) is 9.30. The van der Waals surface area contributed by atoms with Crippen LogP contribution in [0, 0.1) is 0 Å². The maximum Gasteiger partial charge on any atom is 0.323 e. The first-order chi connectivity index (χ1) is 11.4. The molecule has 2 rings (SSSR count). The Bertz CT molecular complexity index is 622. The van der Waals surface area contributed by atoms with Crippen LogP contribution in [0.3, 0.4) is 0 Å². The predicted molar refractivity (Wildman–Crippen MR) is 84.8 cm³/mol. The largest absolute Gasteiger partial charge is 0.480 e. The second kappa shape index (κ2) is 8.07. The van der Waals surface area contributed by atoms with Gasteiger partial charge in [0, 0.05) is 32.8 Å². The quantitative estimate of drug-likeness (QED) is 0.826. The van der Waals surface area contributed by atoms with Crippen molar-refractivity contribution in [1.29, 1.82) is 0 Å². The highest BCUT2D eigenvalue weighted by Crippen LogP contribution is 2.13. The van der Waals surface area contributed by atoms with Gasteiger partial charge in [-0.05, 0) is 12.1 Å².